The Balaban J connectivity index is 1.79. The summed E-state index contributed by atoms with van der Waals surface area (Å²) < 4.78 is 0. The topological polar surface area (TPSA) is 75.0 Å². The van der Waals surface area contributed by atoms with Gasteiger partial charge in [0.2, 0.25) is 0 Å². The lowest BCUT2D eigenvalue weighted by Gasteiger charge is -2.43. The molecule has 1 saturated heterocycles. The number of carbonyl (C=O) groups is 1. The molecule has 3 N–H and O–H groups in total. The first-order valence-electron chi connectivity index (χ1n) is 6.87. The smallest absolute Gasteiger partial charge is 0.272 e. The van der Waals surface area contributed by atoms with Gasteiger partial charge in [0.25, 0.3) is 5.91 Å². The molecule has 5 heteroatoms. The third kappa shape index (κ3) is 1.98. The minimum atomic E-state index is 0.0656. The van der Waals surface area contributed by atoms with Gasteiger partial charge in [-0.2, -0.15) is 5.10 Å². The highest BCUT2D eigenvalue weighted by atomic mass is 16.2. The summed E-state index contributed by atoms with van der Waals surface area (Å²) in [7, 11) is 0. The predicted molar refractivity (Wildman–Crippen MR) is 69.0 cm³/mol. The van der Waals surface area contributed by atoms with E-state index in [1.807, 2.05) is 4.90 Å². The number of aromatic amines is 1. The van der Waals surface area contributed by atoms with Gasteiger partial charge in [-0.05, 0) is 31.6 Å². The molecule has 1 aromatic heterocycles. The van der Waals surface area contributed by atoms with Crippen molar-refractivity contribution >= 4 is 11.7 Å². The van der Waals surface area contributed by atoms with E-state index in [9.17, 15) is 4.79 Å². The van der Waals surface area contributed by atoms with Crippen molar-refractivity contribution in [3.63, 3.8) is 0 Å². The number of carbonyl (C=O) groups excluding carboxylic acids is 1. The fourth-order valence-corrected chi connectivity index (χ4v) is 3.48. The van der Waals surface area contributed by atoms with Crippen LogP contribution in [0.15, 0.2) is 6.07 Å². The summed E-state index contributed by atoms with van der Waals surface area (Å²) in [6.07, 6.45) is 7.39. The fraction of sp³-hybridized carbons (Fsp3) is 0.692. The average Bonchev–Trinajstić information content (AvgIpc) is 2.84. The van der Waals surface area contributed by atoms with Crippen molar-refractivity contribution in [2.45, 2.75) is 44.6 Å². The van der Waals surface area contributed by atoms with Gasteiger partial charge < -0.3 is 10.6 Å². The van der Waals surface area contributed by atoms with Crippen LogP contribution in [0.2, 0.25) is 0 Å². The van der Waals surface area contributed by atoms with E-state index in [0.717, 1.165) is 19.4 Å². The van der Waals surface area contributed by atoms with Crippen LogP contribution >= 0.6 is 0 Å². The number of nitrogens with zero attached hydrogens (tertiary/aromatic N) is 2. The second-order valence-electron chi connectivity index (χ2n) is 5.46. The van der Waals surface area contributed by atoms with Crippen molar-refractivity contribution in [1.29, 1.82) is 0 Å². The first-order chi connectivity index (χ1) is 8.75. The van der Waals surface area contributed by atoms with Crippen LogP contribution in [-0.2, 0) is 0 Å². The van der Waals surface area contributed by atoms with E-state index in [0.29, 0.717) is 23.5 Å². The molecule has 2 atom stereocenters. The molecular formula is C13H20N4O. The van der Waals surface area contributed by atoms with Gasteiger partial charge in [-0.15, -0.1) is 0 Å². The van der Waals surface area contributed by atoms with E-state index in [1.54, 1.807) is 6.07 Å². The molecule has 0 radical (unpaired) electrons. The molecule has 1 aliphatic carbocycles. The predicted octanol–water partition coefficient (Wildman–Crippen LogP) is 1.79. The van der Waals surface area contributed by atoms with Gasteiger partial charge >= 0.3 is 0 Å². The van der Waals surface area contributed by atoms with Gasteiger partial charge in [-0.25, -0.2) is 0 Å². The summed E-state index contributed by atoms with van der Waals surface area (Å²) >= 11 is 0. The molecule has 1 aromatic rings. The van der Waals surface area contributed by atoms with Crippen LogP contribution in [-0.4, -0.2) is 33.6 Å². The number of likely N-dealkylation sites (tertiary alicyclic amines) is 1. The number of fused-ring (bicyclic) bond motifs is 1. The van der Waals surface area contributed by atoms with Crippen LogP contribution in [0.25, 0.3) is 0 Å². The summed E-state index contributed by atoms with van der Waals surface area (Å²) in [5, 5.41) is 6.57. The molecule has 2 aliphatic rings. The number of nitrogens with one attached hydrogen (secondary N) is 1. The van der Waals surface area contributed by atoms with Crippen LogP contribution in [0.4, 0.5) is 5.82 Å². The second kappa shape index (κ2) is 4.63. The molecule has 98 valence electrons. The number of nitrogens with two attached hydrogens (primary N) is 1. The number of hydrogen-bond acceptors (Lipinski definition) is 3. The zero-order chi connectivity index (χ0) is 12.5. The van der Waals surface area contributed by atoms with E-state index in [2.05, 4.69) is 10.2 Å². The molecule has 5 nitrogen and oxygen atoms in total. The van der Waals surface area contributed by atoms with Crippen molar-refractivity contribution < 1.29 is 4.79 Å². The first kappa shape index (κ1) is 11.6. The highest BCUT2D eigenvalue weighted by Gasteiger charge is 2.36. The zero-order valence-electron chi connectivity index (χ0n) is 10.6. The summed E-state index contributed by atoms with van der Waals surface area (Å²) in [4.78, 5) is 14.5. The Kier molecular flexibility index (Phi) is 2.97. The SMILES string of the molecule is Nc1cc(C(=O)N2CCC[C@H]3CCCC[C@H]32)[nH]n1. The summed E-state index contributed by atoms with van der Waals surface area (Å²) in [6, 6.07) is 2.07. The van der Waals surface area contributed by atoms with Crippen LogP contribution in [0.5, 0.6) is 0 Å². The molecule has 18 heavy (non-hydrogen) atoms. The first-order valence-corrected chi connectivity index (χ1v) is 6.87. The lowest BCUT2D eigenvalue weighted by molar-refractivity contribution is 0.0385. The number of anilines is 1. The van der Waals surface area contributed by atoms with Gasteiger partial charge in [0.15, 0.2) is 0 Å². The Hall–Kier alpha value is -1.52. The molecule has 1 amide bonds. The van der Waals surface area contributed by atoms with Gasteiger partial charge in [-0.1, -0.05) is 12.8 Å². The van der Waals surface area contributed by atoms with Crippen molar-refractivity contribution in [3.8, 4) is 0 Å². The average molecular weight is 248 g/mol. The molecule has 1 saturated carbocycles. The molecule has 0 aromatic carbocycles. The zero-order valence-corrected chi connectivity index (χ0v) is 10.6. The monoisotopic (exact) mass is 248 g/mol. The second-order valence-corrected chi connectivity index (χ2v) is 5.46. The highest BCUT2D eigenvalue weighted by molar-refractivity contribution is 5.93. The maximum Gasteiger partial charge on any atom is 0.272 e. The van der Waals surface area contributed by atoms with Gasteiger partial charge in [-0.3, -0.25) is 9.89 Å². The number of hydrogen-bond donors (Lipinski definition) is 2. The molecule has 0 unspecified atom stereocenters. The minimum Gasteiger partial charge on any atom is -0.382 e. The lowest BCUT2D eigenvalue weighted by Crippen LogP contribution is -2.49. The van der Waals surface area contributed by atoms with Gasteiger partial charge in [0.1, 0.15) is 11.5 Å². The van der Waals surface area contributed by atoms with Gasteiger partial charge in [0, 0.05) is 18.7 Å². The Bertz CT molecular complexity index is 440. The van der Waals surface area contributed by atoms with E-state index in [-0.39, 0.29) is 5.91 Å². The fourth-order valence-electron chi connectivity index (χ4n) is 3.48. The molecule has 2 heterocycles. The summed E-state index contributed by atoms with van der Waals surface area (Å²) in [6.45, 7) is 0.874. The number of piperidine rings is 1. The van der Waals surface area contributed by atoms with Crippen LogP contribution in [0.1, 0.15) is 49.0 Å². The molecule has 2 fully saturated rings. The normalized spacial score (nSPS) is 27.9. The molecule has 1 aliphatic heterocycles. The molecule has 0 bridgehead atoms. The number of rotatable bonds is 1. The Labute approximate surface area is 107 Å². The Morgan fingerprint density at radius 1 is 1.33 bits per heavy atom. The van der Waals surface area contributed by atoms with E-state index in [1.165, 1.54) is 25.7 Å². The van der Waals surface area contributed by atoms with Crippen molar-refractivity contribution in [2.75, 3.05) is 12.3 Å². The number of H-pyrrole nitrogens is 1. The summed E-state index contributed by atoms with van der Waals surface area (Å²) in [5.41, 5.74) is 6.09. The number of aromatic nitrogens is 2. The molecule has 3 rings (SSSR count). The number of amides is 1. The van der Waals surface area contributed by atoms with Crippen molar-refractivity contribution in [1.82, 2.24) is 15.1 Å². The maximum atomic E-state index is 12.5. The lowest BCUT2D eigenvalue weighted by atomic mass is 9.78. The third-order valence-corrected chi connectivity index (χ3v) is 4.33. The largest absolute Gasteiger partial charge is 0.382 e. The Morgan fingerprint density at radius 3 is 2.89 bits per heavy atom. The van der Waals surface area contributed by atoms with Crippen molar-refractivity contribution in [3.05, 3.63) is 11.8 Å². The highest BCUT2D eigenvalue weighted by Crippen LogP contribution is 2.35. The van der Waals surface area contributed by atoms with Crippen LogP contribution in [0.3, 0.4) is 0 Å². The van der Waals surface area contributed by atoms with E-state index in [4.69, 9.17) is 5.73 Å². The van der Waals surface area contributed by atoms with E-state index < -0.39 is 0 Å². The van der Waals surface area contributed by atoms with Crippen molar-refractivity contribution in [2.24, 2.45) is 5.92 Å². The molecule has 0 spiro atoms. The third-order valence-electron chi connectivity index (χ3n) is 4.33. The van der Waals surface area contributed by atoms with Gasteiger partial charge in [0.05, 0.1) is 0 Å². The molecular weight excluding hydrogens is 228 g/mol. The quantitative estimate of drug-likeness (QED) is 0.795. The standard InChI is InChI=1S/C13H20N4O/c14-12-8-10(15-16-12)13(18)17-7-3-5-9-4-1-2-6-11(9)17/h8-9,11H,1-7H2,(H3,14,15,16)/t9-,11-/m1/s1. The van der Waals surface area contributed by atoms with Crippen LogP contribution in [0, 0.1) is 5.92 Å². The van der Waals surface area contributed by atoms with E-state index >= 15 is 0 Å². The Morgan fingerprint density at radius 2 is 2.11 bits per heavy atom. The van der Waals surface area contributed by atoms with Crippen LogP contribution < -0.4 is 5.73 Å². The number of nitrogen functional groups attached to an aromatic ring is 1. The minimum absolute atomic E-state index is 0.0656. The maximum absolute atomic E-state index is 12.5. The summed E-state index contributed by atoms with van der Waals surface area (Å²) in [5.74, 6) is 1.16.